The molecule has 1 saturated heterocycles. The van der Waals surface area contributed by atoms with Crippen LogP contribution in [0, 0.1) is 11.6 Å². The van der Waals surface area contributed by atoms with Crippen LogP contribution in [0.1, 0.15) is 42.0 Å². The van der Waals surface area contributed by atoms with Gasteiger partial charge in [-0.25, -0.2) is 8.78 Å². The Labute approximate surface area is 163 Å². The first-order chi connectivity index (χ1) is 13.5. The number of nitrogens with two attached hydrogens (primary N) is 1. The predicted octanol–water partition coefficient (Wildman–Crippen LogP) is 3.34. The van der Waals surface area contributed by atoms with Crippen molar-refractivity contribution in [1.29, 1.82) is 0 Å². The summed E-state index contributed by atoms with van der Waals surface area (Å²) in [4.78, 5) is 14.8. The second kappa shape index (κ2) is 7.97. The molecule has 2 aliphatic heterocycles. The molecule has 1 fully saturated rings. The van der Waals surface area contributed by atoms with Gasteiger partial charge < -0.3 is 15.4 Å². The van der Waals surface area contributed by atoms with Crippen LogP contribution < -0.4 is 5.73 Å². The Kier molecular flexibility index (Phi) is 5.42. The van der Waals surface area contributed by atoms with E-state index in [1.54, 1.807) is 4.90 Å². The first kappa shape index (κ1) is 19.0. The molecule has 2 aliphatic rings. The molecule has 2 aromatic rings. The summed E-state index contributed by atoms with van der Waals surface area (Å²) in [5.74, 6) is -1.35. The lowest BCUT2D eigenvalue weighted by molar-refractivity contribution is -0.137. The van der Waals surface area contributed by atoms with Crippen molar-refractivity contribution in [2.45, 2.75) is 43.9 Å². The van der Waals surface area contributed by atoms with Gasteiger partial charge in [-0.15, -0.1) is 0 Å². The van der Waals surface area contributed by atoms with Gasteiger partial charge in [0.05, 0.1) is 25.2 Å². The highest BCUT2D eigenvalue weighted by Gasteiger charge is 2.35. The Morgan fingerprint density at radius 2 is 1.96 bits per heavy atom. The Morgan fingerprint density at radius 3 is 2.71 bits per heavy atom. The summed E-state index contributed by atoms with van der Waals surface area (Å²) in [6.45, 7) is 0.945. The minimum atomic E-state index is -0.639. The second-order valence-corrected chi connectivity index (χ2v) is 7.60. The molecule has 0 saturated carbocycles. The standard InChI is InChI=1S/C22H24F2N2O2/c23-15-5-8-19(20(24)11-15)22-18-4-2-1-3-14(18)9-10-26(22)21(27)12-17-7-6-16(25)13-28-17/h1-5,8,11,16-17,22H,6-7,9-10,12-13,25H2/t16-,17+,22?/m0/s1. The fourth-order valence-electron chi connectivity index (χ4n) is 4.19. The van der Waals surface area contributed by atoms with Crippen LogP contribution in [-0.2, 0) is 16.0 Å². The third-order valence-electron chi connectivity index (χ3n) is 5.67. The number of hydrogen-bond acceptors (Lipinski definition) is 3. The summed E-state index contributed by atoms with van der Waals surface area (Å²) < 4.78 is 33.8. The normalized spacial score (nSPS) is 24.7. The highest BCUT2D eigenvalue weighted by atomic mass is 19.1. The number of benzene rings is 2. The minimum absolute atomic E-state index is 0.0225. The average Bonchev–Trinajstić information content (AvgIpc) is 2.69. The maximum atomic E-state index is 14.7. The molecule has 148 valence electrons. The molecule has 3 atom stereocenters. The van der Waals surface area contributed by atoms with E-state index in [0.717, 1.165) is 30.0 Å². The molecule has 0 spiro atoms. The van der Waals surface area contributed by atoms with Gasteiger partial charge in [0.15, 0.2) is 0 Å². The molecule has 0 aliphatic carbocycles. The summed E-state index contributed by atoms with van der Waals surface area (Å²) in [5, 5.41) is 0. The van der Waals surface area contributed by atoms with E-state index < -0.39 is 17.7 Å². The van der Waals surface area contributed by atoms with Gasteiger partial charge in [-0.3, -0.25) is 4.79 Å². The summed E-state index contributed by atoms with van der Waals surface area (Å²) in [6, 6.07) is 10.7. The number of carbonyl (C=O) groups is 1. The maximum Gasteiger partial charge on any atom is 0.225 e. The van der Waals surface area contributed by atoms with E-state index in [4.69, 9.17) is 10.5 Å². The van der Waals surface area contributed by atoms with E-state index in [-0.39, 0.29) is 24.5 Å². The Balaban J connectivity index is 1.64. The van der Waals surface area contributed by atoms with Crippen LogP contribution in [0.2, 0.25) is 0 Å². The van der Waals surface area contributed by atoms with Crippen molar-refractivity contribution >= 4 is 5.91 Å². The van der Waals surface area contributed by atoms with E-state index in [0.29, 0.717) is 25.1 Å². The molecule has 2 N–H and O–H groups in total. The number of halogens is 2. The van der Waals surface area contributed by atoms with Gasteiger partial charge in [0.25, 0.3) is 0 Å². The van der Waals surface area contributed by atoms with Crippen LogP contribution in [0.3, 0.4) is 0 Å². The third kappa shape index (κ3) is 3.80. The van der Waals surface area contributed by atoms with E-state index >= 15 is 0 Å². The molecule has 4 nitrogen and oxygen atoms in total. The number of fused-ring (bicyclic) bond motifs is 1. The van der Waals surface area contributed by atoms with E-state index in [2.05, 4.69) is 0 Å². The van der Waals surface area contributed by atoms with E-state index in [1.165, 1.54) is 12.1 Å². The monoisotopic (exact) mass is 386 g/mol. The van der Waals surface area contributed by atoms with Gasteiger partial charge in [-0.2, -0.15) is 0 Å². The van der Waals surface area contributed by atoms with Crippen LogP contribution in [0.25, 0.3) is 0 Å². The lowest BCUT2D eigenvalue weighted by atomic mass is 9.87. The number of ether oxygens (including phenoxy) is 1. The molecule has 1 unspecified atom stereocenters. The molecule has 4 rings (SSSR count). The number of nitrogens with zero attached hydrogens (tertiary/aromatic N) is 1. The number of amides is 1. The third-order valence-corrected chi connectivity index (χ3v) is 5.67. The molecular weight excluding hydrogens is 362 g/mol. The van der Waals surface area contributed by atoms with Crippen molar-refractivity contribution in [2.24, 2.45) is 5.73 Å². The Hall–Kier alpha value is -2.31. The van der Waals surface area contributed by atoms with Crippen molar-refractivity contribution in [3.8, 4) is 0 Å². The van der Waals surface area contributed by atoms with Crippen LogP contribution >= 0.6 is 0 Å². The van der Waals surface area contributed by atoms with Gasteiger partial charge in [0.2, 0.25) is 5.91 Å². The molecule has 0 aromatic heterocycles. The zero-order valence-corrected chi connectivity index (χ0v) is 15.6. The molecule has 6 heteroatoms. The van der Waals surface area contributed by atoms with Gasteiger partial charge in [-0.05, 0) is 36.5 Å². The molecule has 28 heavy (non-hydrogen) atoms. The topological polar surface area (TPSA) is 55.6 Å². The highest BCUT2D eigenvalue weighted by Crippen LogP contribution is 2.37. The number of hydrogen-bond donors (Lipinski definition) is 1. The van der Waals surface area contributed by atoms with Crippen LogP contribution in [0.4, 0.5) is 8.78 Å². The number of rotatable bonds is 3. The summed E-state index contributed by atoms with van der Waals surface area (Å²) >= 11 is 0. The fourth-order valence-corrected chi connectivity index (χ4v) is 4.19. The first-order valence-corrected chi connectivity index (χ1v) is 9.72. The molecule has 0 radical (unpaired) electrons. The van der Waals surface area contributed by atoms with Crippen molar-refractivity contribution < 1.29 is 18.3 Å². The van der Waals surface area contributed by atoms with Crippen molar-refractivity contribution in [3.63, 3.8) is 0 Å². The zero-order valence-electron chi connectivity index (χ0n) is 15.6. The maximum absolute atomic E-state index is 14.7. The van der Waals surface area contributed by atoms with Crippen molar-refractivity contribution in [2.75, 3.05) is 13.2 Å². The summed E-state index contributed by atoms with van der Waals surface area (Å²) in [7, 11) is 0. The van der Waals surface area contributed by atoms with Gasteiger partial charge >= 0.3 is 0 Å². The predicted molar refractivity (Wildman–Crippen MR) is 102 cm³/mol. The first-order valence-electron chi connectivity index (χ1n) is 9.72. The number of carbonyl (C=O) groups excluding carboxylic acids is 1. The largest absolute Gasteiger partial charge is 0.376 e. The quantitative estimate of drug-likeness (QED) is 0.880. The SMILES string of the molecule is N[C@H]1CC[C@H](CC(=O)N2CCc3ccccc3C2c2ccc(F)cc2F)OC1. The van der Waals surface area contributed by atoms with Gasteiger partial charge in [0, 0.05) is 24.2 Å². The highest BCUT2D eigenvalue weighted by molar-refractivity contribution is 5.78. The van der Waals surface area contributed by atoms with E-state index in [1.807, 2.05) is 24.3 Å². The Bertz CT molecular complexity index is 865. The molecule has 2 aromatic carbocycles. The molecular formula is C22H24F2N2O2. The van der Waals surface area contributed by atoms with Gasteiger partial charge in [-0.1, -0.05) is 30.3 Å². The van der Waals surface area contributed by atoms with Crippen LogP contribution in [-0.4, -0.2) is 36.1 Å². The summed E-state index contributed by atoms with van der Waals surface area (Å²) in [6.07, 6.45) is 2.36. The molecule has 0 bridgehead atoms. The lowest BCUT2D eigenvalue weighted by Gasteiger charge is -2.39. The lowest BCUT2D eigenvalue weighted by Crippen LogP contribution is -2.43. The minimum Gasteiger partial charge on any atom is -0.376 e. The average molecular weight is 386 g/mol. The molecule has 2 heterocycles. The Morgan fingerprint density at radius 1 is 1.14 bits per heavy atom. The van der Waals surface area contributed by atoms with Gasteiger partial charge in [0.1, 0.15) is 11.6 Å². The van der Waals surface area contributed by atoms with Crippen LogP contribution in [0.5, 0.6) is 0 Å². The zero-order chi connectivity index (χ0) is 19.7. The fraction of sp³-hybridized carbons (Fsp3) is 0.409. The summed E-state index contributed by atoms with van der Waals surface area (Å²) in [5.41, 5.74) is 8.14. The van der Waals surface area contributed by atoms with Crippen LogP contribution in [0.15, 0.2) is 42.5 Å². The molecule has 1 amide bonds. The van der Waals surface area contributed by atoms with Crippen molar-refractivity contribution in [1.82, 2.24) is 4.90 Å². The smallest absolute Gasteiger partial charge is 0.225 e. The van der Waals surface area contributed by atoms with Crippen molar-refractivity contribution in [3.05, 3.63) is 70.8 Å². The second-order valence-electron chi connectivity index (χ2n) is 7.60. The van der Waals surface area contributed by atoms with E-state index in [9.17, 15) is 13.6 Å².